The molecule has 3 N–H and O–H groups in total. The van der Waals surface area contributed by atoms with Crippen LogP contribution in [-0.2, 0) is 11.3 Å². The number of nitrogens with one attached hydrogen (secondary N) is 2. The molecule has 7 nitrogen and oxygen atoms in total. The first-order chi connectivity index (χ1) is 15.8. The van der Waals surface area contributed by atoms with Gasteiger partial charge in [0, 0.05) is 36.6 Å². The van der Waals surface area contributed by atoms with Gasteiger partial charge in [-0.05, 0) is 48.8 Å². The van der Waals surface area contributed by atoms with Gasteiger partial charge in [-0.3, -0.25) is 0 Å². The topological polar surface area (TPSA) is 111 Å². The summed E-state index contributed by atoms with van der Waals surface area (Å²) in [5.74, 6) is -2.15. The van der Waals surface area contributed by atoms with Crippen LogP contribution in [0.4, 0.5) is 13.2 Å². The van der Waals surface area contributed by atoms with Gasteiger partial charge in [-0.25, -0.2) is 9.78 Å². The number of carboxylic acid groups (broad SMARTS) is 1. The number of rotatable bonds is 5. The number of pyridine rings is 1. The van der Waals surface area contributed by atoms with Crippen LogP contribution in [0.2, 0.25) is 0 Å². The maximum absolute atomic E-state index is 10.6. The molecule has 0 unspecified atom stereocenters. The molecule has 0 spiro atoms. The molecule has 1 aliphatic rings. The first-order valence-corrected chi connectivity index (χ1v) is 10.4. The Hall–Kier alpha value is -3.58. The number of halogens is 3. The average Bonchev–Trinajstić information content (AvgIpc) is 3.28. The third kappa shape index (κ3) is 6.95. The smallest absolute Gasteiger partial charge is 0.475 e. The summed E-state index contributed by atoms with van der Waals surface area (Å²) in [6.07, 6.45) is 2.92. The summed E-state index contributed by atoms with van der Waals surface area (Å²) >= 11 is 0. The van der Waals surface area contributed by atoms with Crippen molar-refractivity contribution < 1.29 is 27.8 Å². The van der Waals surface area contributed by atoms with E-state index in [9.17, 15) is 13.2 Å². The lowest BCUT2D eigenvalue weighted by Gasteiger charge is -2.29. The summed E-state index contributed by atoms with van der Waals surface area (Å²) in [6.45, 7) is 0.880. The van der Waals surface area contributed by atoms with Gasteiger partial charge in [0.05, 0.1) is 5.56 Å². The molecule has 33 heavy (non-hydrogen) atoms. The van der Waals surface area contributed by atoms with Gasteiger partial charge in [0.2, 0.25) is 5.88 Å². The number of nitriles is 1. The minimum Gasteiger partial charge on any atom is -0.475 e. The summed E-state index contributed by atoms with van der Waals surface area (Å²) < 4.78 is 37.7. The number of ether oxygens (including phenoxy) is 1. The molecule has 174 valence electrons. The number of hydrogen-bond donors (Lipinski definition) is 3. The zero-order chi connectivity index (χ0) is 23.8. The second-order valence-corrected chi connectivity index (χ2v) is 7.63. The fourth-order valence-electron chi connectivity index (χ4n) is 3.62. The molecule has 0 atom stereocenters. The first kappa shape index (κ1) is 24.1. The maximum Gasteiger partial charge on any atom is 0.490 e. The van der Waals surface area contributed by atoms with Crippen LogP contribution in [0.5, 0.6) is 5.88 Å². The van der Waals surface area contributed by atoms with Gasteiger partial charge in [0.15, 0.2) is 0 Å². The summed E-state index contributed by atoms with van der Waals surface area (Å²) in [5, 5.41) is 20.9. The number of aliphatic carboxylic acids is 1. The Bertz CT molecular complexity index is 1100. The van der Waals surface area contributed by atoms with Gasteiger partial charge in [-0.2, -0.15) is 18.4 Å². The molecule has 1 saturated carbocycles. The van der Waals surface area contributed by atoms with Crippen molar-refractivity contribution in [2.24, 2.45) is 0 Å². The minimum atomic E-state index is -5.08. The number of para-hydroxylation sites is 1. The Kier molecular flexibility index (Phi) is 7.90. The van der Waals surface area contributed by atoms with Crippen molar-refractivity contribution >= 4 is 16.9 Å². The lowest BCUT2D eigenvalue weighted by molar-refractivity contribution is -0.192. The zero-order valence-corrected chi connectivity index (χ0v) is 17.6. The van der Waals surface area contributed by atoms with Gasteiger partial charge >= 0.3 is 12.1 Å². The van der Waals surface area contributed by atoms with Crippen LogP contribution in [0.15, 0.2) is 48.8 Å². The van der Waals surface area contributed by atoms with E-state index in [0.29, 0.717) is 17.5 Å². The summed E-state index contributed by atoms with van der Waals surface area (Å²) in [7, 11) is 0. The number of benzene rings is 1. The first-order valence-electron chi connectivity index (χ1n) is 10.4. The van der Waals surface area contributed by atoms with Crippen LogP contribution in [0.3, 0.4) is 0 Å². The minimum absolute atomic E-state index is 0.209. The lowest BCUT2D eigenvalue weighted by atomic mass is 9.92. The van der Waals surface area contributed by atoms with E-state index in [1.54, 1.807) is 18.3 Å². The van der Waals surface area contributed by atoms with Gasteiger partial charge in [-0.1, -0.05) is 18.2 Å². The molecule has 0 bridgehead atoms. The molecule has 0 saturated heterocycles. The summed E-state index contributed by atoms with van der Waals surface area (Å²) in [6, 6.07) is 14.7. The second-order valence-electron chi connectivity index (χ2n) is 7.63. The van der Waals surface area contributed by atoms with Crippen LogP contribution >= 0.6 is 0 Å². The average molecular weight is 460 g/mol. The van der Waals surface area contributed by atoms with E-state index < -0.39 is 12.1 Å². The molecule has 0 radical (unpaired) electrons. The molecule has 3 aromatic rings. The maximum atomic E-state index is 10.6. The molecule has 0 aliphatic heterocycles. The summed E-state index contributed by atoms with van der Waals surface area (Å²) in [4.78, 5) is 16.4. The van der Waals surface area contributed by atoms with Crippen molar-refractivity contribution in [2.45, 2.75) is 50.6 Å². The molecule has 10 heteroatoms. The predicted molar refractivity (Wildman–Crippen MR) is 114 cm³/mol. The molecule has 2 aromatic heterocycles. The SMILES string of the molecule is N#Cc1ccc(OC2CCC(NCc3cccc4cc[nH]c34)CC2)nc1.O=C(O)C(F)(F)F. The van der Waals surface area contributed by atoms with E-state index in [-0.39, 0.29) is 6.10 Å². The molecule has 0 amide bonds. The number of H-pyrrole nitrogens is 1. The standard InChI is InChI=1S/C21H22N4O.C2HF3O2/c22-12-15-4-9-20(25-13-15)26-19-7-5-18(6-8-19)24-14-17-3-1-2-16-10-11-23-21(16)17;3-2(4,5)1(6)7/h1-4,9-11,13,18-19,23-24H,5-8,14H2;(H,6,7). The molecule has 1 fully saturated rings. The normalized spacial score (nSPS) is 18.1. The molecule has 2 heterocycles. The van der Waals surface area contributed by atoms with Crippen molar-refractivity contribution in [2.75, 3.05) is 0 Å². The third-order valence-electron chi connectivity index (χ3n) is 5.32. The Balaban J connectivity index is 0.000000383. The van der Waals surface area contributed by atoms with E-state index in [0.717, 1.165) is 32.2 Å². The van der Waals surface area contributed by atoms with Crippen LogP contribution in [0, 0.1) is 11.3 Å². The van der Waals surface area contributed by atoms with Crippen LogP contribution in [-0.4, -0.2) is 39.4 Å². The van der Waals surface area contributed by atoms with Crippen molar-refractivity contribution in [1.29, 1.82) is 5.26 Å². The number of carboxylic acids is 1. The number of hydrogen-bond acceptors (Lipinski definition) is 5. The van der Waals surface area contributed by atoms with E-state index in [1.165, 1.54) is 16.5 Å². The predicted octanol–water partition coefficient (Wildman–Crippen LogP) is 4.55. The quantitative estimate of drug-likeness (QED) is 0.515. The Morgan fingerprint density at radius 1 is 1.21 bits per heavy atom. The van der Waals surface area contributed by atoms with E-state index in [2.05, 4.69) is 45.6 Å². The van der Waals surface area contributed by atoms with Crippen molar-refractivity contribution in [3.05, 3.63) is 59.9 Å². The van der Waals surface area contributed by atoms with Crippen molar-refractivity contribution in [3.8, 4) is 11.9 Å². The fraction of sp³-hybridized carbons (Fsp3) is 0.348. The number of nitrogens with zero attached hydrogens (tertiary/aromatic N) is 2. The Labute approximate surface area is 188 Å². The number of carbonyl (C=O) groups is 1. The number of fused-ring (bicyclic) bond motifs is 1. The van der Waals surface area contributed by atoms with Crippen molar-refractivity contribution in [1.82, 2.24) is 15.3 Å². The van der Waals surface area contributed by atoms with Crippen molar-refractivity contribution in [3.63, 3.8) is 0 Å². The largest absolute Gasteiger partial charge is 0.490 e. The molecule has 1 aromatic carbocycles. The fourth-order valence-corrected chi connectivity index (χ4v) is 3.62. The van der Waals surface area contributed by atoms with Crippen LogP contribution in [0.25, 0.3) is 10.9 Å². The molecule has 4 rings (SSSR count). The van der Waals surface area contributed by atoms with E-state index in [4.69, 9.17) is 19.9 Å². The highest BCUT2D eigenvalue weighted by atomic mass is 19.4. The highest BCUT2D eigenvalue weighted by molar-refractivity contribution is 5.82. The molecular formula is C23H23F3N4O3. The number of aromatic nitrogens is 2. The number of aromatic amines is 1. The highest BCUT2D eigenvalue weighted by Gasteiger charge is 2.38. The third-order valence-corrected chi connectivity index (χ3v) is 5.32. The molecule has 1 aliphatic carbocycles. The van der Waals surface area contributed by atoms with Crippen LogP contribution < -0.4 is 10.1 Å². The Morgan fingerprint density at radius 2 is 1.94 bits per heavy atom. The lowest BCUT2D eigenvalue weighted by Crippen LogP contribution is -2.36. The number of alkyl halides is 3. The Morgan fingerprint density at radius 3 is 2.55 bits per heavy atom. The second kappa shape index (κ2) is 10.8. The van der Waals surface area contributed by atoms with Gasteiger partial charge in [0.1, 0.15) is 12.2 Å². The van der Waals surface area contributed by atoms with Gasteiger partial charge in [0.25, 0.3) is 0 Å². The van der Waals surface area contributed by atoms with Crippen LogP contribution in [0.1, 0.15) is 36.8 Å². The highest BCUT2D eigenvalue weighted by Crippen LogP contribution is 2.24. The molecular weight excluding hydrogens is 437 g/mol. The van der Waals surface area contributed by atoms with Gasteiger partial charge in [-0.15, -0.1) is 0 Å². The zero-order valence-electron chi connectivity index (χ0n) is 17.6. The van der Waals surface area contributed by atoms with Gasteiger partial charge < -0.3 is 20.1 Å². The monoisotopic (exact) mass is 460 g/mol. The van der Waals surface area contributed by atoms with E-state index >= 15 is 0 Å². The summed E-state index contributed by atoms with van der Waals surface area (Å²) in [5.41, 5.74) is 3.10. The van der Waals surface area contributed by atoms with E-state index in [1.807, 2.05) is 6.20 Å².